The Labute approximate surface area is 194 Å². The first-order valence-electron chi connectivity index (χ1n) is 11.2. The highest BCUT2D eigenvalue weighted by Crippen LogP contribution is 2.26. The highest BCUT2D eigenvalue weighted by Gasteiger charge is 2.35. The van der Waals surface area contributed by atoms with Gasteiger partial charge in [-0.15, -0.1) is 0 Å². The standard InChI is InChI=1S/C24H30N2O6S/c1-31-19-7-4-8-21(13-19)33(29,30)26-22-10-9-20(32-23(22)15-27)14-24(28)25-18-11-16-5-2-3-6-17(16)12-18/h2-8,13,18,20,22-23,26-27H,9-12,14-15H2,1H3,(H,25,28)/t20-,22+,23+/m0/s1. The largest absolute Gasteiger partial charge is 0.497 e. The van der Waals surface area contributed by atoms with Gasteiger partial charge in [0.2, 0.25) is 15.9 Å². The van der Waals surface area contributed by atoms with Crippen LogP contribution in [0.25, 0.3) is 0 Å². The normalized spacial score (nSPS) is 23.2. The van der Waals surface area contributed by atoms with Crippen LogP contribution >= 0.6 is 0 Å². The Morgan fingerprint density at radius 1 is 1.12 bits per heavy atom. The quantitative estimate of drug-likeness (QED) is 0.535. The minimum Gasteiger partial charge on any atom is -0.497 e. The highest BCUT2D eigenvalue weighted by molar-refractivity contribution is 7.89. The molecule has 33 heavy (non-hydrogen) atoms. The van der Waals surface area contributed by atoms with Gasteiger partial charge in [0.05, 0.1) is 43.3 Å². The highest BCUT2D eigenvalue weighted by atomic mass is 32.2. The Hall–Kier alpha value is -2.46. The molecular formula is C24H30N2O6S. The van der Waals surface area contributed by atoms with Crippen LogP contribution in [0, 0.1) is 0 Å². The monoisotopic (exact) mass is 474 g/mol. The minimum atomic E-state index is -3.82. The lowest BCUT2D eigenvalue weighted by molar-refractivity contribution is -0.131. The van der Waals surface area contributed by atoms with Gasteiger partial charge in [-0.25, -0.2) is 13.1 Å². The first-order valence-corrected chi connectivity index (χ1v) is 12.6. The molecule has 8 nitrogen and oxygen atoms in total. The van der Waals surface area contributed by atoms with Gasteiger partial charge in [-0.1, -0.05) is 30.3 Å². The van der Waals surface area contributed by atoms with Gasteiger partial charge < -0.3 is 19.9 Å². The Bertz CT molecular complexity index is 1060. The van der Waals surface area contributed by atoms with Crippen LogP contribution in [-0.2, 0) is 32.4 Å². The van der Waals surface area contributed by atoms with E-state index in [0.29, 0.717) is 18.6 Å². The summed E-state index contributed by atoms with van der Waals surface area (Å²) in [4.78, 5) is 12.7. The maximum absolute atomic E-state index is 12.8. The van der Waals surface area contributed by atoms with Crippen LogP contribution in [0.3, 0.4) is 0 Å². The number of rotatable bonds is 8. The molecule has 0 bridgehead atoms. The summed E-state index contributed by atoms with van der Waals surface area (Å²) in [7, 11) is -2.35. The SMILES string of the molecule is COc1cccc(S(=O)(=O)N[C@@H]2CC[C@@H](CC(=O)NC3Cc4ccccc4C3)O[C@@H]2CO)c1. The van der Waals surface area contributed by atoms with Crippen LogP contribution in [0.5, 0.6) is 5.75 Å². The molecule has 3 N–H and O–H groups in total. The summed E-state index contributed by atoms with van der Waals surface area (Å²) >= 11 is 0. The topological polar surface area (TPSA) is 114 Å². The van der Waals surface area contributed by atoms with E-state index in [1.54, 1.807) is 12.1 Å². The van der Waals surface area contributed by atoms with Gasteiger partial charge in [-0.2, -0.15) is 0 Å². The molecule has 3 atom stereocenters. The number of ether oxygens (including phenoxy) is 2. The number of benzene rings is 2. The second kappa shape index (κ2) is 10.2. The lowest BCUT2D eigenvalue weighted by Crippen LogP contribution is -2.51. The smallest absolute Gasteiger partial charge is 0.241 e. The number of carbonyl (C=O) groups is 1. The molecule has 1 aliphatic heterocycles. The summed E-state index contributed by atoms with van der Waals surface area (Å²) < 4.78 is 39.3. The van der Waals surface area contributed by atoms with Crippen molar-refractivity contribution in [1.29, 1.82) is 0 Å². The molecule has 1 fully saturated rings. The molecule has 0 radical (unpaired) electrons. The molecule has 0 unspecified atom stereocenters. The maximum atomic E-state index is 12.8. The predicted molar refractivity (Wildman–Crippen MR) is 122 cm³/mol. The van der Waals surface area contributed by atoms with E-state index >= 15 is 0 Å². The number of carbonyl (C=O) groups excluding carboxylic acids is 1. The van der Waals surface area contributed by atoms with Crippen molar-refractivity contribution in [2.75, 3.05) is 13.7 Å². The number of fused-ring (bicyclic) bond motifs is 1. The molecule has 0 spiro atoms. The Kier molecular flexibility index (Phi) is 7.33. The van der Waals surface area contributed by atoms with Crippen LogP contribution in [0.1, 0.15) is 30.4 Å². The summed E-state index contributed by atoms with van der Waals surface area (Å²) in [5.74, 6) is 0.345. The Morgan fingerprint density at radius 3 is 2.52 bits per heavy atom. The van der Waals surface area contributed by atoms with Crippen LogP contribution in [0.15, 0.2) is 53.4 Å². The maximum Gasteiger partial charge on any atom is 0.241 e. The van der Waals surface area contributed by atoms with E-state index in [4.69, 9.17) is 9.47 Å². The summed E-state index contributed by atoms with van der Waals surface area (Å²) in [6.07, 6.45) is 1.69. The van der Waals surface area contributed by atoms with E-state index in [9.17, 15) is 18.3 Å². The fourth-order valence-electron chi connectivity index (χ4n) is 4.61. The third kappa shape index (κ3) is 5.73. The molecule has 0 aromatic heterocycles. The van der Waals surface area contributed by atoms with Gasteiger partial charge in [0.15, 0.2) is 0 Å². The van der Waals surface area contributed by atoms with Crippen molar-refractivity contribution in [2.24, 2.45) is 0 Å². The summed E-state index contributed by atoms with van der Waals surface area (Å²) in [5.41, 5.74) is 2.53. The summed E-state index contributed by atoms with van der Waals surface area (Å²) in [6, 6.07) is 13.9. The van der Waals surface area contributed by atoms with Crippen molar-refractivity contribution >= 4 is 15.9 Å². The average Bonchev–Trinajstić information content (AvgIpc) is 3.22. The van der Waals surface area contributed by atoms with Gasteiger partial charge >= 0.3 is 0 Å². The van der Waals surface area contributed by atoms with Crippen molar-refractivity contribution in [2.45, 2.75) is 61.3 Å². The summed E-state index contributed by atoms with van der Waals surface area (Å²) in [6.45, 7) is -0.346. The van der Waals surface area contributed by atoms with Crippen LogP contribution in [-0.4, -0.2) is 57.4 Å². The summed E-state index contributed by atoms with van der Waals surface area (Å²) in [5, 5.41) is 12.9. The zero-order chi connectivity index (χ0) is 23.4. The van der Waals surface area contributed by atoms with Crippen molar-refractivity contribution < 1.29 is 27.8 Å². The van der Waals surface area contributed by atoms with E-state index in [2.05, 4.69) is 22.2 Å². The number of nitrogens with one attached hydrogen (secondary N) is 2. The number of hydrogen-bond donors (Lipinski definition) is 3. The van der Waals surface area contributed by atoms with Crippen molar-refractivity contribution in [3.8, 4) is 5.75 Å². The Morgan fingerprint density at radius 2 is 1.85 bits per heavy atom. The van der Waals surface area contributed by atoms with Crippen LogP contribution in [0.4, 0.5) is 0 Å². The van der Waals surface area contributed by atoms with E-state index in [0.717, 1.165) is 12.8 Å². The van der Waals surface area contributed by atoms with Gasteiger partial charge in [0.25, 0.3) is 0 Å². The zero-order valence-corrected chi connectivity index (χ0v) is 19.4. The number of aliphatic hydroxyl groups is 1. The van der Waals surface area contributed by atoms with Crippen LogP contribution < -0.4 is 14.8 Å². The molecule has 2 aromatic rings. The fraction of sp³-hybridized carbons (Fsp3) is 0.458. The molecule has 1 heterocycles. The minimum absolute atomic E-state index is 0.0783. The number of hydrogen-bond acceptors (Lipinski definition) is 6. The van der Waals surface area contributed by atoms with Crippen molar-refractivity contribution in [1.82, 2.24) is 10.0 Å². The number of methoxy groups -OCH3 is 1. The van der Waals surface area contributed by atoms with Crippen molar-refractivity contribution in [3.05, 3.63) is 59.7 Å². The molecule has 9 heteroatoms. The molecule has 4 rings (SSSR count). The van der Waals surface area contributed by atoms with Crippen LogP contribution in [0.2, 0.25) is 0 Å². The first kappa shape index (κ1) is 23.7. The van der Waals surface area contributed by atoms with Crippen molar-refractivity contribution in [3.63, 3.8) is 0 Å². The lowest BCUT2D eigenvalue weighted by atomic mass is 9.97. The van der Waals surface area contributed by atoms with Gasteiger partial charge in [0, 0.05) is 12.1 Å². The first-order chi connectivity index (χ1) is 15.9. The van der Waals surface area contributed by atoms with E-state index in [1.807, 2.05) is 12.1 Å². The molecule has 2 aliphatic rings. The fourth-order valence-corrected chi connectivity index (χ4v) is 5.94. The predicted octanol–water partition coefficient (Wildman–Crippen LogP) is 1.56. The number of sulfonamides is 1. The molecule has 2 aromatic carbocycles. The second-order valence-corrected chi connectivity index (χ2v) is 10.3. The van der Waals surface area contributed by atoms with Gasteiger partial charge in [-0.3, -0.25) is 4.79 Å². The number of aliphatic hydroxyl groups excluding tert-OH is 1. The second-order valence-electron chi connectivity index (χ2n) is 8.61. The molecule has 1 aliphatic carbocycles. The average molecular weight is 475 g/mol. The van der Waals surface area contributed by atoms with E-state index < -0.39 is 22.2 Å². The Balaban J connectivity index is 1.30. The van der Waals surface area contributed by atoms with Gasteiger partial charge in [-0.05, 0) is 48.9 Å². The van der Waals surface area contributed by atoms with E-state index in [1.165, 1.54) is 30.4 Å². The molecule has 1 saturated heterocycles. The zero-order valence-electron chi connectivity index (χ0n) is 18.6. The van der Waals surface area contributed by atoms with Gasteiger partial charge in [0.1, 0.15) is 5.75 Å². The third-order valence-electron chi connectivity index (χ3n) is 6.28. The lowest BCUT2D eigenvalue weighted by Gasteiger charge is -2.35. The molecular weight excluding hydrogens is 444 g/mol. The number of amides is 1. The van der Waals surface area contributed by atoms with E-state index in [-0.39, 0.29) is 36.0 Å². The molecule has 1 amide bonds. The third-order valence-corrected chi connectivity index (χ3v) is 7.77. The molecule has 0 saturated carbocycles. The molecule has 178 valence electrons.